The molecule has 0 radical (unpaired) electrons. The first kappa shape index (κ1) is 18.6. The van der Waals surface area contributed by atoms with E-state index in [-0.39, 0.29) is 11.4 Å². The smallest absolute Gasteiger partial charge is 0.350 e. The van der Waals surface area contributed by atoms with Crippen LogP contribution in [-0.2, 0) is 6.18 Å². The Morgan fingerprint density at radius 3 is 1.85 bits per heavy atom. The summed E-state index contributed by atoms with van der Waals surface area (Å²) in [6, 6.07) is 4.27. The minimum atomic E-state index is -4.80. The first-order valence-electron chi connectivity index (χ1n) is 6.56. The van der Waals surface area contributed by atoms with Gasteiger partial charge in [0.2, 0.25) is 0 Å². The largest absolute Gasteiger partial charge is 0.416 e. The summed E-state index contributed by atoms with van der Waals surface area (Å²) in [4.78, 5) is 29.6. The lowest BCUT2D eigenvalue weighted by Crippen LogP contribution is -2.07. The molecule has 0 spiro atoms. The van der Waals surface area contributed by atoms with E-state index >= 15 is 0 Å². The van der Waals surface area contributed by atoms with E-state index in [2.05, 4.69) is 5.32 Å². The second-order valence-electron chi connectivity index (χ2n) is 4.83. The van der Waals surface area contributed by atoms with E-state index in [0.29, 0.717) is 12.1 Å². The predicted octanol–water partition coefficient (Wildman–Crippen LogP) is 4.17. The maximum atomic E-state index is 12.7. The molecule has 26 heavy (non-hydrogen) atoms. The average molecular weight is 372 g/mol. The zero-order valence-electron chi connectivity index (χ0n) is 12.4. The van der Waals surface area contributed by atoms with Crippen molar-refractivity contribution in [2.75, 3.05) is 5.32 Å². The summed E-state index contributed by atoms with van der Waals surface area (Å²) in [6.45, 7) is 0. The van der Waals surface area contributed by atoms with Crippen LogP contribution in [0, 0.1) is 30.3 Å². The first-order chi connectivity index (χ1) is 12.0. The van der Waals surface area contributed by atoms with Gasteiger partial charge in [0.05, 0.1) is 20.3 Å². The zero-order chi connectivity index (χ0) is 19.6. The Morgan fingerprint density at radius 1 is 0.769 bits per heavy atom. The molecule has 1 N–H and O–H groups in total. The molecular formula is C13H7F3N4O6. The summed E-state index contributed by atoms with van der Waals surface area (Å²) in [5.74, 6) is 0. The summed E-state index contributed by atoms with van der Waals surface area (Å²) < 4.78 is 38.0. The lowest BCUT2D eigenvalue weighted by atomic mass is 10.1. The molecule has 0 aromatic heterocycles. The average Bonchev–Trinajstić information content (AvgIpc) is 2.53. The third-order valence-corrected chi connectivity index (χ3v) is 3.17. The van der Waals surface area contributed by atoms with Gasteiger partial charge in [-0.1, -0.05) is 0 Å². The Kier molecular flexibility index (Phi) is 4.73. The monoisotopic (exact) mass is 372 g/mol. The van der Waals surface area contributed by atoms with Gasteiger partial charge in [0, 0.05) is 23.9 Å². The molecule has 0 aliphatic carbocycles. The number of nitrogens with zero attached hydrogens (tertiary/aromatic N) is 3. The molecule has 0 aliphatic heterocycles. The number of rotatable bonds is 5. The van der Waals surface area contributed by atoms with Crippen molar-refractivity contribution in [1.82, 2.24) is 0 Å². The van der Waals surface area contributed by atoms with Gasteiger partial charge < -0.3 is 5.32 Å². The summed E-state index contributed by atoms with van der Waals surface area (Å²) in [6.07, 6.45) is -4.80. The van der Waals surface area contributed by atoms with Gasteiger partial charge in [0.1, 0.15) is 5.69 Å². The van der Waals surface area contributed by atoms with Gasteiger partial charge in [-0.25, -0.2) is 0 Å². The van der Waals surface area contributed by atoms with Gasteiger partial charge in [-0.3, -0.25) is 30.3 Å². The topological polar surface area (TPSA) is 141 Å². The highest BCUT2D eigenvalue weighted by atomic mass is 19.4. The number of hydrogen-bond donors (Lipinski definition) is 1. The second kappa shape index (κ2) is 6.62. The highest BCUT2D eigenvalue weighted by Gasteiger charge is 2.33. The van der Waals surface area contributed by atoms with E-state index in [4.69, 9.17) is 0 Å². The Hall–Kier alpha value is -3.77. The highest BCUT2D eigenvalue weighted by molar-refractivity contribution is 5.73. The molecule has 0 bridgehead atoms. The number of alkyl halides is 3. The van der Waals surface area contributed by atoms with Crippen molar-refractivity contribution in [3.05, 3.63) is 72.3 Å². The van der Waals surface area contributed by atoms with E-state index in [9.17, 15) is 43.5 Å². The van der Waals surface area contributed by atoms with Crippen molar-refractivity contribution in [1.29, 1.82) is 0 Å². The van der Waals surface area contributed by atoms with E-state index < -0.39 is 43.6 Å². The maximum absolute atomic E-state index is 12.7. The maximum Gasteiger partial charge on any atom is 0.416 e. The van der Waals surface area contributed by atoms with Crippen LogP contribution in [0.5, 0.6) is 0 Å². The van der Waals surface area contributed by atoms with Crippen LogP contribution in [0.2, 0.25) is 0 Å². The van der Waals surface area contributed by atoms with Gasteiger partial charge in [-0.15, -0.1) is 0 Å². The number of benzene rings is 2. The number of nitrogens with one attached hydrogen (secondary N) is 1. The minimum absolute atomic E-state index is 0.148. The highest BCUT2D eigenvalue weighted by Crippen LogP contribution is 2.37. The molecule has 0 aliphatic rings. The molecule has 13 heteroatoms. The molecule has 2 rings (SSSR count). The summed E-state index contributed by atoms with van der Waals surface area (Å²) in [7, 11) is 0. The molecule has 2 aromatic carbocycles. The number of nitro benzene ring substituents is 3. The fourth-order valence-corrected chi connectivity index (χ4v) is 2.02. The fourth-order valence-electron chi connectivity index (χ4n) is 2.02. The van der Waals surface area contributed by atoms with Crippen LogP contribution in [0.15, 0.2) is 36.4 Å². The van der Waals surface area contributed by atoms with E-state index in [1.54, 1.807) is 0 Å². The van der Waals surface area contributed by atoms with Crippen molar-refractivity contribution >= 4 is 28.4 Å². The van der Waals surface area contributed by atoms with Crippen molar-refractivity contribution in [2.24, 2.45) is 0 Å². The Bertz CT molecular complexity index is 915. The van der Waals surface area contributed by atoms with Crippen LogP contribution < -0.4 is 5.32 Å². The van der Waals surface area contributed by atoms with Gasteiger partial charge in [0.25, 0.3) is 5.69 Å². The molecule has 136 valence electrons. The molecular weight excluding hydrogens is 365 g/mol. The summed E-state index contributed by atoms with van der Waals surface area (Å²) in [5, 5.41) is 35.0. The predicted molar refractivity (Wildman–Crippen MR) is 81.1 cm³/mol. The quantitative estimate of drug-likeness (QED) is 0.613. The molecule has 0 atom stereocenters. The van der Waals surface area contributed by atoms with Crippen LogP contribution in [-0.4, -0.2) is 14.8 Å². The van der Waals surface area contributed by atoms with Crippen LogP contribution in [0.1, 0.15) is 5.56 Å². The van der Waals surface area contributed by atoms with Gasteiger partial charge in [-0.05, 0) is 18.2 Å². The SMILES string of the molecule is O=[N+]([O-])c1cc(C(F)(F)F)ccc1Nc1ccc([N+](=O)[O-])c([N+](=O)[O-])c1. The van der Waals surface area contributed by atoms with Gasteiger partial charge in [-0.2, -0.15) is 13.2 Å². The lowest BCUT2D eigenvalue weighted by Gasteiger charge is -2.10. The third kappa shape index (κ3) is 3.82. The molecule has 0 heterocycles. The summed E-state index contributed by atoms with van der Waals surface area (Å²) >= 11 is 0. The number of anilines is 2. The van der Waals surface area contributed by atoms with Crippen LogP contribution in [0.3, 0.4) is 0 Å². The zero-order valence-corrected chi connectivity index (χ0v) is 12.4. The van der Waals surface area contributed by atoms with E-state index in [0.717, 1.165) is 24.3 Å². The fraction of sp³-hybridized carbons (Fsp3) is 0.0769. The number of halogens is 3. The Balaban J connectivity index is 2.48. The Labute approximate surface area is 141 Å². The van der Waals surface area contributed by atoms with E-state index in [1.165, 1.54) is 0 Å². The van der Waals surface area contributed by atoms with Gasteiger partial charge in [0.15, 0.2) is 0 Å². The molecule has 0 saturated heterocycles. The summed E-state index contributed by atoms with van der Waals surface area (Å²) in [5.41, 5.74) is -4.36. The normalized spacial score (nSPS) is 11.0. The van der Waals surface area contributed by atoms with Crippen molar-refractivity contribution < 1.29 is 27.9 Å². The molecule has 0 amide bonds. The molecule has 0 fully saturated rings. The standard InChI is InChI=1S/C13H7F3N4O6/c14-13(15,16)7-1-3-9(11(5-7)19(23)24)17-8-2-4-10(18(21)22)12(6-8)20(25)26/h1-6,17H. The molecule has 2 aromatic rings. The van der Waals surface area contributed by atoms with Crippen molar-refractivity contribution in [3.63, 3.8) is 0 Å². The van der Waals surface area contributed by atoms with Crippen molar-refractivity contribution in [3.8, 4) is 0 Å². The van der Waals surface area contributed by atoms with Crippen LogP contribution in [0.4, 0.5) is 41.6 Å². The third-order valence-electron chi connectivity index (χ3n) is 3.17. The first-order valence-corrected chi connectivity index (χ1v) is 6.56. The van der Waals surface area contributed by atoms with E-state index in [1.807, 2.05) is 0 Å². The van der Waals surface area contributed by atoms with Crippen molar-refractivity contribution in [2.45, 2.75) is 6.18 Å². The molecule has 0 saturated carbocycles. The lowest BCUT2D eigenvalue weighted by molar-refractivity contribution is -0.422. The number of hydrogen-bond acceptors (Lipinski definition) is 7. The van der Waals surface area contributed by atoms with Crippen LogP contribution >= 0.6 is 0 Å². The molecule has 10 nitrogen and oxygen atoms in total. The molecule has 0 unspecified atom stereocenters. The number of nitro groups is 3. The minimum Gasteiger partial charge on any atom is -0.350 e. The van der Waals surface area contributed by atoms with Crippen LogP contribution in [0.25, 0.3) is 0 Å². The Morgan fingerprint density at radius 2 is 1.35 bits per heavy atom. The van der Waals surface area contributed by atoms with Gasteiger partial charge >= 0.3 is 17.6 Å². The second-order valence-corrected chi connectivity index (χ2v) is 4.83.